The molecule has 0 aromatic heterocycles. The molecule has 3 aliphatic heterocycles. The molecule has 3 aliphatic rings. The van der Waals surface area contributed by atoms with Crippen molar-refractivity contribution in [2.75, 3.05) is 0 Å². The van der Waals surface area contributed by atoms with E-state index in [1.807, 2.05) is 49.4 Å². The lowest BCUT2D eigenvalue weighted by Crippen LogP contribution is -2.68. The van der Waals surface area contributed by atoms with E-state index in [0.29, 0.717) is 18.4 Å². The Morgan fingerprint density at radius 1 is 1.20 bits per heavy atom. The topological polar surface area (TPSA) is 81.7 Å². The molecule has 5 rings (SSSR count). The maximum atomic E-state index is 13.0. The lowest BCUT2D eigenvalue weighted by Gasteiger charge is -2.45. The average Bonchev–Trinajstić information content (AvgIpc) is 3.31. The molecule has 156 valence electrons. The van der Waals surface area contributed by atoms with E-state index in [9.17, 15) is 13.2 Å². The highest BCUT2D eigenvalue weighted by atomic mass is 32.2. The van der Waals surface area contributed by atoms with Gasteiger partial charge in [-0.2, -0.15) is 0 Å². The number of fused-ring (bicyclic) bond motifs is 1. The van der Waals surface area contributed by atoms with Gasteiger partial charge >= 0.3 is 5.97 Å². The third-order valence-electron chi connectivity index (χ3n) is 6.16. The van der Waals surface area contributed by atoms with Gasteiger partial charge in [0, 0.05) is 0 Å². The minimum atomic E-state index is -3.63. The zero-order chi connectivity index (χ0) is 20.9. The molecular formula is C23H23NO5S. The van der Waals surface area contributed by atoms with Crippen LogP contribution < -0.4 is 4.72 Å². The summed E-state index contributed by atoms with van der Waals surface area (Å²) in [6.07, 6.45) is 3.37. The van der Waals surface area contributed by atoms with Crippen molar-refractivity contribution in [1.82, 2.24) is 4.72 Å². The van der Waals surface area contributed by atoms with Crippen LogP contribution in [-0.2, 0) is 25.9 Å². The number of carbonyl (C=O) groups is 1. The second-order valence-electron chi connectivity index (χ2n) is 8.25. The van der Waals surface area contributed by atoms with Crippen LogP contribution in [0.15, 0.2) is 66.7 Å². The van der Waals surface area contributed by atoms with Gasteiger partial charge in [0.15, 0.2) is 6.10 Å². The normalized spacial score (nSPS) is 33.2. The van der Waals surface area contributed by atoms with Gasteiger partial charge in [-0.25, -0.2) is 17.9 Å². The van der Waals surface area contributed by atoms with E-state index in [2.05, 4.69) is 4.72 Å². The van der Waals surface area contributed by atoms with Crippen LogP contribution in [-0.4, -0.2) is 43.5 Å². The summed E-state index contributed by atoms with van der Waals surface area (Å²) < 4.78 is 41.0. The van der Waals surface area contributed by atoms with Gasteiger partial charge in [-0.05, 0) is 43.5 Å². The Hall–Kier alpha value is -2.48. The number of sulfonamides is 1. The van der Waals surface area contributed by atoms with Gasteiger partial charge < -0.3 is 9.47 Å². The largest absolute Gasteiger partial charge is 0.454 e. The second kappa shape index (κ2) is 7.04. The van der Waals surface area contributed by atoms with Gasteiger partial charge in [-0.15, -0.1) is 0 Å². The molecule has 5 atom stereocenters. The van der Waals surface area contributed by atoms with E-state index in [4.69, 9.17) is 9.47 Å². The number of nitrogens with one attached hydrogen (secondary N) is 1. The minimum absolute atomic E-state index is 0.276. The molecule has 0 unspecified atom stereocenters. The van der Waals surface area contributed by atoms with Crippen molar-refractivity contribution < 1.29 is 22.7 Å². The maximum absolute atomic E-state index is 13.0. The summed E-state index contributed by atoms with van der Waals surface area (Å²) in [4.78, 5) is 13.0. The van der Waals surface area contributed by atoms with Crippen LogP contribution in [0.3, 0.4) is 0 Å². The highest BCUT2D eigenvalue weighted by molar-refractivity contribution is 7.90. The third kappa shape index (κ3) is 3.17. The Kier molecular flexibility index (Phi) is 4.57. The number of ether oxygens (including phenoxy) is 2. The first-order valence-corrected chi connectivity index (χ1v) is 11.6. The number of rotatable bonds is 4. The average molecular weight is 426 g/mol. The van der Waals surface area contributed by atoms with Gasteiger partial charge in [0.05, 0.1) is 17.7 Å². The first-order valence-electron chi connectivity index (χ1n) is 10.1. The lowest BCUT2D eigenvalue weighted by atomic mass is 9.83. The SMILES string of the molecule is Cc1cccc(C(=O)O[C@H]2[C@H](Cc3ccccc3)NS(=O)(=O)[C@H]3C[C@@H]4C=C[C@]23O4)c1. The summed E-state index contributed by atoms with van der Waals surface area (Å²) >= 11 is 0. The molecule has 2 bridgehead atoms. The summed E-state index contributed by atoms with van der Waals surface area (Å²) in [5, 5.41) is -0.776. The van der Waals surface area contributed by atoms with Crippen LogP contribution in [0.5, 0.6) is 0 Å². The Labute approximate surface area is 175 Å². The molecule has 2 saturated heterocycles. The molecule has 1 N–H and O–H groups in total. The first kappa shape index (κ1) is 19.5. The quantitative estimate of drug-likeness (QED) is 0.601. The minimum Gasteiger partial charge on any atom is -0.454 e. The molecule has 1 spiro atoms. The smallest absolute Gasteiger partial charge is 0.338 e. The second-order valence-corrected chi connectivity index (χ2v) is 10.1. The molecule has 7 heteroatoms. The molecule has 30 heavy (non-hydrogen) atoms. The van der Waals surface area contributed by atoms with E-state index in [-0.39, 0.29) is 6.10 Å². The van der Waals surface area contributed by atoms with Crippen LogP contribution in [0.1, 0.15) is 27.9 Å². The summed E-state index contributed by atoms with van der Waals surface area (Å²) in [7, 11) is -3.63. The number of benzene rings is 2. The highest BCUT2D eigenvalue weighted by Gasteiger charge is 2.66. The molecule has 3 heterocycles. The molecule has 0 aliphatic carbocycles. The summed E-state index contributed by atoms with van der Waals surface area (Å²) in [6, 6.07) is 16.1. The van der Waals surface area contributed by atoms with Crippen LogP contribution in [0, 0.1) is 6.92 Å². The summed E-state index contributed by atoms with van der Waals surface area (Å²) in [6.45, 7) is 1.91. The van der Waals surface area contributed by atoms with E-state index in [1.165, 1.54) is 0 Å². The van der Waals surface area contributed by atoms with E-state index < -0.39 is 39.0 Å². The predicted molar refractivity (Wildman–Crippen MR) is 112 cm³/mol. The van der Waals surface area contributed by atoms with Crippen LogP contribution >= 0.6 is 0 Å². The lowest BCUT2D eigenvalue weighted by molar-refractivity contribution is -0.0867. The molecule has 6 nitrogen and oxygen atoms in total. The highest BCUT2D eigenvalue weighted by Crippen LogP contribution is 2.48. The molecule has 2 fully saturated rings. The van der Waals surface area contributed by atoms with Gasteiger partial charge in [0.2, 0.25) is 10.0 Å². The number of carbonyl (C=O) groups excluding carboxylic acids is 1. The predicted octanol–water partition coefficient (Wildman–Crippen LogP) is 2.53. The molecule has 2 aromatic carbocycles. The van der Waals surface area contributed by atoms with Gasteiger partial charge in [-0.3, -0.25) is 0 Å². The summed E-state index contributed by atoms with van der Waals surface area (Å²) in [5.41, 5.74) is 1.18. The number of aryl methyl sites for hydroxylation is 1. The van der Waals surface area contributed by atoms with E-state index >= 15 is 0 Å². The van der Waals surface area contributed by atoms with Crippen molar-refractivity contribution in [1.29, 1.82) is 0 Å². The van der Waals surface area contributed by atoms with Crippen molar-refractivity contribution >= 4 is 16.0 Å². The van der Waals surface area contributed by atoms with E-state index in [1.54, 1.807) is 24.3 Å². The van der Waals surface area contributed by atoms with Crippen molar-refractivity contribution in [2.24, 2.45) is 0 Å². The van der Waals surface area contributed by atoms with Crippen LogP contribution in [0.4, 0.5) is 0 Å². The Balaban J connectivity index is 1.52. The number of esters is 1. The monoisotopic (exact) mass is 425 g/mol. The van der Waals surface area contributed by atoms with Crippen molar-refractivity contribution in [3.8, 4) is 0 Å². The van der Waals surface area contributed by atoms with E-state index in [0.717, 1.165) is 11.1 Å². The molecule has 0 amide bonds. The van der Waals surface area contributed by atoms with Gasteiger partial charge in [-0.1, -0.05) is 54.1 Å². The molecule has 2 aromatic rings. The fourth-order valence-corrected chi connectivity index (χ4v) is 6.82. The van der Waals surface area contributed by atoms with Crippen LogP contribution in [0.2, 0.25) is 0 Å². The third-order valence-corrected chi connectivity index (χ3v) is 8.10. The van der Waals surface area contributed by atoms with Crippen molar-refractivity contribution in [2.45, 2.75) is 48.9 Å². The number of hydrogen-bond donors (Lipinski definition) is 1. The Morgan fingerprint density at radius 3 is 2.73 bits per heavy atom. The Morgan fingerprint density at radius 2 is 2.00 bits per heavy atom. The Bertz CT molecular complexity index is 1110. The zero-order valence-corrected chi connectivity index (χ0v) is 17.3. The van der Waals surface area contributed by atoms with Gasteiger partial charge in [0.1, 0.15) is 10.9 Å². The fraction of sp³-hybridized carbons (Fsp3) is 0.348. The van der Waals surface area contributed by atoms with Crippen LogP contribution in [0.25, 0.3) is 0 Å². The zero-order valence-electron chi connectivity index (χ0n) is 16.5. The van der Waals surface area contributed by atoms with Crippen molar-refractivity contribution in [3.05, 3.63) is 83.4 Å². The maximum Gasteiger partial charge on any atom is 0.338 e. The molecule has 0 radical (unpaired) electrons. The standard InChI is InChI=1S/C23H23NO5S/c1-15-6-5-9-17(12-15)22(25)28-21-19(13-16-7-3-2-4-8-16)24-30(26,27)20-14-18-10-11-23(20,21)29-18/h2-12,18-21,24H,13-14H2,1H3/t18-,19-,20-,21-,23+/m0/s1. The van der Waals surface area contributed by atoms with Gasteiger partial charge in [0.25, 0.3) is 0 Å². The fourth-order valence-electron chi connectivity index (χ4n) is 4.83. The summed E-state index contributed by atoms with van der Waals surface area (Å²) in [5.74, 6) is -0.483. The number of hydrogen-bond acceptors (Lipinski definition) is 5. The van der Waals surface area contributed by atoms with Crippen molar-refractivity contribution in [3.63, 3.8) is 0 Å². The molecular weight excluding hydrogens is 402 g/mol. The molecule has 0 saturated carbocycles. The first-order chi connectivity index (χ1) is 14.4.